The summed E-state index contributed by atoms with van der Waals surface area (Å²) in [5.74, 6) is 0. The molecule has 2 aliphatic carbocycles. The molecule has 1 nitrogen and oxygen atoms in total. The average molecular weight is 336 g/mol. The van der Waals surface area contributed by atoms with Gasteiger partial charge < -0.3 is 4.90 Å². The standard InChI is InChI=1S/C24H33N/c1-5-13-22(14-6-1)24(17-9-3-10-18-24)23(15-7-2-8-16-23)21-25-19-11-4-12-20-25/h1-2,5-8,13-15H,3-4,9-12,16-21H2. The highest BCUT2D eigenvalue weighted by Crippen LogP contribution is 2.55. The number of benzene rings is 1. The van der Waals surface area contributed by atoms with Gasteiger partial charge in [-0.3, -0.25) is 0 Å². The van der Waals surface area contributed by atoms with Gasteiger partial charge >= 0.3 is 0 Å². The molecular weight excluding hydrogens is 302 g/mol. The molecule has 2 fully saturated rings. The highest BCUT2D eigenvalue weighted by Gasteiger charge is 2.51. The summed E-state index contributed by atoms with van der Waals surface area (Å²) in [5, 5.41) is 0. The third-order valence-electron chi connectivity index (χ3n) is 7.09. The summed E-state index contributed by atoms with van der Waals surface area (Å²) in [6.45, 7) is 3.83. The van der Waals surface area contributed by atoms with Gasteiger partial charge in [-0.2, -0.15) is 0 Å². The average Bonchev–Trinajstić information content (AvgIpc) is 2.71. The zero-order valence-corrected chi connectivity index (χ0v) is 15.6. The van der Waals surface area contributed by atoms with Crippen LogP contribution in [0.1, 0.15) is 63.4 Å². The molecule has 25 heavy (non-hydrogen) atoms. The predicted molar refractivity (Wildman–Crippen MR) is 107 cm³/mol. The van der Waals surface area contributed by atoms with Crippen molar-refractivity contribution in [1.82, 2.24) is 4.90 Å². The maximum atomic E-state index is 2.77. The van der Waals surface area contributed by atoms with E-state index in [0.717, 1.165) is 0 Å². The van der Waals surface area contributed by atoms with Gasteiger partial charge in [0, 0.05) is 17.4 Å². The van der Waals surface area contributed by atoms with Crippen molar-refractivity contribution in [2.24, 2.45) is 5.41 Å². The molecule has 0 aromatic heterocycles. The van der Waals surface area contributed by atoms with E-state index in [4.69, 9.17) is 0 Å². The summed E-state index contributed by atoms with van der Waals surface area (Å²) in [7, 11) is 0. The maximum Gasteiger partial charge on any atom is 0.0143 e. The number of piperidine rings is 1. The van der Waals surface area contributed by atoms with Gasteiger partial charge in [-0.1, -0.05) is 80.3 Å². The van der Waals surface area contributed by atoms with Gasteiger partial charge in [-0.05, 0) is 50.8 Å². The highest BCUT2D eigenvalue weighted by atomic mass is 15.1. The van der Waals surface area contributed by atoms with Gasteiger partial charge in [0.2, 0.25) is 0 Å². The Hall–Kier alpha value is -1.34. The Bertz CT molecular complexity index is 602. The fourth-order valence-electron chi connectivity index (χ4n) is 5.79. The van der Waals surface area contributed by atoms with Gasteiger partial charge in [0.15, 0.2) is 0 Å². The number of hydrogen-bond donors (Lipinski definition) is 0. The van der Waals surface area contributed by atoms with Crippen molar-refractivity contribution in [3.63, 3.8) is 0 Å². The monoisotopic (exact) mass is 335 g/mol. The Morgan fingerprint density at radius 3 is 2.20 bits per heavy atom. The van der Waals surface area contributed by atoms with Crippen LogP contribution >= 0.6 is 0 Å². The first-order valence-electron chi connectivity index (χ1n) is 10.5. The molecule has 1 atom stereocenters. The number of hydrogen-bond acceptors (Lipinski definition) is 1. The van der Waals surface area contributed by atoms with Crippen molar-refractivity contribution in [3.05, 3.63) is 60.2 Å². The van der Waals surface area contributed by atoms with E-state index < -0.39 is 0 Å². The number of rotatable bonds is 4. The molecule has 1 aromatic carbocycles. The molecule has 1 heterocycles. The number of likely N-dealkylation sites (tertiary alicyclic amines) is 1. The van der Waals surface area contributed by atoms with Gasteiger partial charge in [-0.25, -0.2) is 0 Å². The van der Waals surface area contributed by atoms with Crippen LogP contribution in [0.3, 0.4) is 0 Å². The largest absolute Gasteiger partial charge is 0.302 e. The smallest absolute Gasteiger partial charge is 0.0143 e. The topological polar surface area (TPSA) is 3.24 Å². The molecule has 1 aromatic rings. The van der Waals surface area contributed by atoms with Crippen molar-refractivity contribution in [2.75, 3.05) is 19.6 Å². The van der Waals surface area contributed by atoms with Gasteiger partial charge in [0.1, 0.15) is 0 Å². The van der Waals surface area contributed by atoms with Gasteiger partial charge in [-0.15, -0.1) is 0 Å². The Labute approximate surface area is 153 Å². The minimum atomic E-state index is 0.265. The van der Waals surface area contributed by atoms with Crippen molar-refractivity contribution < 1.29 is 0 Å². The van der Waals surface area contributed by atoms with Crippen LogP contribution in [-0.4, -0.2) is 24.5 Å². The second-order valence-corrected chi connectivity index (χ2v) is 8.49. The molecule has 3 aliphatic rings. The lowest BCUT2D eigenvalue weighted by atomic mass is 9.52. The van der Waals surface area contributed by atoms with Crippen LogP contribution in [0.5, 0.6) is 0 Å². The zero-order chi connectivity index (χ0) is 17.0. The summed E-state index contributed by atoms with van der Waals surface area (Å²) in [5.41, 5.74) is 2.16. The van der Waals surface area contributed by atoms with Crippen molar-refractivity contribution >= 4 is 0 Å². The van der Waals surface area contributed by atoms with Crippen molar-refractivity contribution in [3.8, 4) is 0 Å². The first-order valence-corrected chi connectivity index (χ1v) is 10.5. The summed E-state index contributed by atoms with van der Waals surface area (Å²) >= 11 is 0. The van der Waals surface area contributed by atoms with Crippen LogP contribution in [0.4, 0.5) is 0 Å². The molecule has 0 radical (unpaired) electrons. The second kappa shape index (κ2) is 7.50. The number of allylic oxidation sites excluding steroid dienone is 3. The molecule has 0 bridgehead atoms. The lowest BCUT2D eigenvalue weighted by Crippen LogP contribution is -2.53. The Kier molecular flexibility index (Phi) is 5.12. The highest BCUT2D eigenvalue weighted by molar-refractivity contribution is 5.35. The SMILES string of the molecule is C1=CCC(CN2CCCCC2)(C2(c3ccccc3)CCCCC2)C=C1. The van der Waals surface area contributed by atoms with Gasteiger partial charge in [0.25, 0.3) is 0 Å². The summed E-state index contributed by atoms with van der Waals surface area (Å²) in [6.07, 6.45) is 21.9. The third kappa shape index (κ3) is 3.24. The van der Waals surface area contributed by atoms with E-state index in [-0.39, 0.29) is 5.41 Å². The molecule has 0 amide bonds. The van der Waals surface area contributed by atoms with Crippen LogP contribution in [0.2, 0.25) is 0 Å². The molecule has 1 saturated carbocycles. The molecule has 1 heteroatoms. The minimum absolute atomic E-state index is 0.265. The summed E-state index contributed by atoms with van der Waals surface area (Å²) in [4.78, 5) is 2.77. The van der Waals surface area contributed by atoms with Crippen molar-refractivity contribution in [1.29, 1.82) is 0 Å². The Morgan fingerprint density at radius 1 is 0.800 bits per heavy atom. The minimum Gasteiger partial charge on any atom is -0.302 e. The van der Waals surface area contributed by atoms with E-state index in [9.17, 15) is 0 Å². The van der Waals surface area contributed by atoms with Gasteiger partial charge in [0.05, 0.1) is 0 Å². The maximum absolute atomic E-state index is 2.77. The molecule has 0 N–H and O–H groups in total. The molecule has 0 spiro atoms. The van der Waals surface area contributed by atoms with Crippen LogP contribution in [0.25, 0.3) is 0 Å². The van der Waals surface area contributed by atoms with E-state index >= 15 is 0 Å². The summed E-state index contributed by atoms with van der Waals surface area (Å²) in [6, 6.07) is 11.5. The van der Waals surface area contributed by atoms with Crippen LogP contribution in [0, 0.1) is 5.41 Å². The number of nitrogens with zero attached hydrogens (tertiary/aromatic N) is 1. The fourth-order valence-corrected chi connectivity index (χ4v) is 5.79. The predicted octanol–water partition coefficient (Wildman–Crippen LogP) is 5.88. The molecule has 1 unspecified atom stereocenters. The lowest BCUT2D eigenvalue weighted by molar-refractivity contribution is 0.0613. The second-order valence-electron chi connectivity index (χ2n) is 8.49. The first-order chi connectivity index (χ1) is 12.3. The van der Waals surface area contributed by atoms with E-state index in [1.54, 1.807) is 5.56 Å². The molecular formula is C24H33N. The van der Waals surface area contributed by atoms with Crippen LogP contribution in [0.15, 0.2) is 54.6 Å². The van der Waals surface area contributed by atoms with E-state index in [1.165, 1.54) is 77.4 Å². The van der Waals surface area contributed by atoms with Crippen LogP contribution < -0.4 is 0 Å². The molecule has 1 saturated heterocycles. The quantitative estimate of drug-likeness (QED) is 0.664. The molecule has 134 valence electrons. The van der Waals surface area contributed by atoms with E-state index in [2.05, 4.69) is 59.5 Å². The Morgan fingerprint density at radius 2 is 1.52 bits per heavy atom. The van der Waals surface area contributed by atoms with E-state index in [0.29, 0.717) is 5.41 Å². The fraction of sp³-hybridized carbons (Fsp3) is 0.583. The van der Waals surface area contributed by atoms with Crippen molar-refractivity contribution in [2.45, 2.75) is 63.2 Å². The molecule has 1 aliphatic heterocycles. The lowest BCUT2D eigenvalue weighted by Gasteiger charge is -2.54. The first kappa shape index (κ1) is 17.1. The third-order valence-corrected chi connectivity index (χ3v) is 7.09. The Balaban J connectivity index is 1.74. The zero-order valence-electron chi connectivity index (χ0n) is 15.6. The van der Waals surface area contributed by atoms with E-state index in [1.807, 2.05) is 0 Å². The van der Waals surface area contributed by atoms with Crippen LogP contribution in [-0.2, 0) is 5.41 Å². The molecule has 4 rings (SSSR count). The normalized spacial score (nSPS) is 29.6. The summed E-state index contributed by atoms with van der Waals surface area (Å²) < 4.78 is 0.